The van der Waals surface area contributed by atoms with Crippen molar-refractivity contribution >= 4 is 17.5 Å². The van der Waals surface area contributed by atoms with Crippen LogP contribution in [0.2, 0.25) is 5.02 Å². The van der Waals surface area contributed by atoms with Crippen LogP contribution >= 0.6 is 11.6 Å². The van der Waals surface area contributed by atoms with Gasteiger partial charge in [0.2, 0.25) is 5.91 Å². The van der Waals surface area contributed by atoms with Crippen LogP contribution in [-0.4, -0.2) is 25.5 Å². The molecular weight excluding hydrogens is 308 g/mol. The normalized spacial score (nSPS) is 23.6. The average Bonchev–Trinajstić information content (AvgIpc) is 3.07. The van der Waals surface area contributed by atoms with Gasteiger partial charge in [-0.2, -0.15) is 0 Å². The second-order valence-electron chi connectivity index (χ2n) is 7.05. The molecule has 1 aromatic carbocycles. The third-order valence-electron chi connectivity index (χ3n) is 5.53. The van der Waals surface area contributed by atoms with Gasteiger partial charge in [-0.1, -0.05) is 36.6 Å². The number of hydrogen-bond donors (Lipinski definition) is 2. The molecule has 1 saturated carbocycles. The molecule has 2 aliphatic rings. The third-order valence-corrected chi connectivity index (χ3v) is 5.78. The molecule has 1 unspecified atom stereocenters. The van der Waals surface area contributed by atoms with Crippen LogP contribution in [0, 0.1) is 5.92 Å². The van der Waals surface area contributed by atoms with E-state index >= 15 is 0 Å². The molecule has 4 heteroatoms. The molecule has 0 spiro atoms. The second kappa shape index (κ2) is 7.67. The molecule has 2 N–H and O–H groups in total. The van der Waals surface area contributed by atoms with Crippen molar-refractivity contribution in [3.05, 3.63) is 34.9 Å². The van der Waals surface area contributed by atoms with Crippen LogP contribution < -0.4 is 10.6 Å². The highest BCUT2D eigenvalue weighted by Crippen LogP contribution is 2.41. The summed E-state index contributed by atoms with van der Waals surface area (Å²) in [7, 11) is 0. The summed E-state index contributed by atoms with van der Waals surface area (Å²) in [6.45, 7) is 3.03. The van der Waals surface area contributed by atoms with Gasteiger partial charge in [-0.05, 0) is 68.8 Å². The van der Waals surface area contributed by atoms with Crippen molar-refractivity contribution in [3.8, 4) is 0 Å². The van der Waals surface area contributed by atoms with Crippen LogP contribution in [0.5, 0.6) is 0 Å². The zero-order chi connectivity index (χ0) is 16.1. The van der Waals surface area contributed by atoms with Gasteiger partial charge in [0.15, 0.2) is 0 Å². The zero-order valence-electron chi connectivity index (χ0n) is 13.7. The lowest BCUT2D eigenvalue weighted by Crippen LogP contribution is -2.43. The molecule has 126 valence electrons. The zero-order valence-corrected chi connectivity index (χ0v) is 14.5. The molecule has 2 fully saturated rings. The maximum Gasteiger partial charge on any atom is 0.230 e. The molecule has 0 bridgehead atoms. The highest BCUT2D eigenvalue weighted by molar-refractivity contribution is 6.30. The molecule has 3 rings (SSSR count). The van der Waals surface area contributed by atoms with Crippen LogP contribution in [0.3, 0.4) is 0 Å². The molecule has 3 nitrogen and oxygen atoms in total. The maximum atomic E-state index is 12.9. The van der Waals surface area contributed by atoms with Crippen LogP contribution in [0.1, 0.15) is 50.5 Å². The van der Waals surface area contributed by atoms with Crippen LogP contribution in [0.25, 0.3) is 0 Å². The minimum absolute atomic E-state index is 0.209. The highest BCUT2D eigenvalue weighted by atomic mass is 35.5. The number of nitrogens with one attached hydrogen (secondary N) is 2. The Hall–Kier alpha value is -1.06. The first-order valence-electron chi connectivity index (χ1n) is 8.96. The predicted molar refractivity (Wildman–Crippen MR) is 94.8 cm³/mol. The topological polar surface area (TPSA) is 41.1 Å². The van der Waals surface area contributed by atoms with Crippen molar-refractivity contribution in [2.45, 2.75) is 50.4 Å². The van der Waals surface area contributed by atoms with E-state index in [1.807, 2.05) is 24.3 Å². The summed E-state index contributed by atoms with van der Waals surface area (Å²) in [5.74, 6) is 0.917. The first kappa shape index (κ1) is 16.8. The monoisotopic (exact) mass is 334 g/mol. The fraction of sp³-hybridized carbons (Fsp3) is 0.632. The summed E-state index contributed by atoms with van der Waals surface area (Å²) in [4.78, 5) is 12.9. The van der Waals surface area contributed by atoms with Crippen molar-refractivity contribution < 1.29 is 4.79 Å². The number of rotatable bonds is 5. The molecule has 0 radical (unpaired) electrons. The summed E-state index contributed by atoms with van der Waals surface area (Å²) in [6, 6.07) is 7.85. The quantitative estimate of drug-likeness (QED) is 0.862. The van der Waals surface area contributed by atoms with Crippen LogP contribution in [0.15, 0.2) is 24.3 Å². The Labute approximate surface area is 144 Å². The second-order valence-corrected chi connectivity index (χ2v) is 7.49. The van der Waals surface area contributed by atoms with E-state index in [2.05, 4.69) is 10.6 Å². The van der Waals surface area contributed by atoms with E-state index in [1.165, 1.54) is 12.8 Å². The molecule has 1 aliphatic carbocycles. The number of carbonyl (C=O) groups is 1. The number of hydrogen-bond acceptors (Lipinski definition) is 2. The molecule has 1 aromatic rings. The maximum absolute atomic E-state index is 12.9. The van der Waals surface area contributed by atoms with Crippen molar-refractivity contribution in [2.24, 2.45) is 5.92 Å². The first-order valence-corrected chi connectivity index (χ1v) is 9.33. The Morgan fingerprint density at radius 2 is 1.96 bits per heavy atom. The van der Waals surface area contributed by atoms with Crippen LogP contribution in [0.4, 0.5) is 0 Å². The van der Waals surface area contributed by atoms with Gasteiger partial charge in [-0.25, -0.2) is 0 Å². The minimum atomic E-state index is -0.338. The molecular formula is C19H27ClN2O. The summed E-state index contributed by atoms with van der Waals surface area (Å²) < 4.78 is 0. The summed E-state index contributed by atoms with van der Waals surface area (Å²) >= 11 is 6.01. The SMILES string of the molecule is O=C(NCCC1CCCNC1)C1(c2ccc(Cl)cc2)CCCC1. The van der Waals surface area contributed by atoms with E-state index < -0.39 is 0 Å². The van der Waals surface area contributed by atoms with E-state index in [9.17, 15) is 4.79 Å². The number of carbonyl (C=O) groups excluding carboxylic acids is 1. The van der Waals surface area contributed by atoms with E-state index in [4.69, 9.17) is 11.6 Å². The van der Waals surface area contributed by atoms with Crippen molar-refractivity contribution in [2.75, 3.05) is 19.6 Å². The fourth-order valence-electron chi connectivity index (χ4n) is 4.12. The van der Waals surface area contributed by atoms with E-state index in [0.717, 1.165) is 62.3 Å². The summed E-state index contributed by atoms with van der Waals surface area (Å²) in [5.41, 5.74) is 0.784. The Bertz CT molecular complexity index is 517. The van der Waals surface area contributed by atoms with Crippen LogP contribution in [-0.2, 0) is 10.2 Å². The van der Waals surface area contributed by atoms with E-state index in [-0.39, 0.29) is 11.3 Å². The minimum Gasteiger partial charge on any atom is -0.355 e. The van der Waals surface area contributed by atoms with E-state index in [1.54, 1.807) is 0 Å². The van der Waals surface area contributed by atoms with Gasteiger partial charge in [0, 0.05) is 11.6 Å². The highest BCUT2D eigenvalue weighted by Gasteiger charge is 2.42. The Balaban J connectivity index is 1.61. The predicted octanol–water partition coefficient (Wildman–Crippen LogP) is 3.66. The average molecular weight is 335 g/mol. The molecule has 0 aromatic heterocycles. The van der Waals surface area contributed by atoms with Gasteiger partial charge in [0.05, 0.1) is 5.41 Å². The largest absolute Gasteiger partial charge is 0.355 e. The molecule has 1 amide bonds. The lowest BCUT2D eigenvalue weighted by molar-refractivity contribution is -0.126. The Kier molecular flexibility index (Phi) is 5.60. The summed E-state index contributed by atoms with van der Waals surface area (Å²) in [5, 5.41) is 7.40. The number of amides is 1. The van der Waals surface area contributed by atoms with Gasteiger partial charge >= 0.3 is 0 Å². The van der Waals surface area contributed by atoms with Crippen molar-refractivity contribution in [3.63, 3.8) is 0 Å². The van der Waals surface area contributed by atoms with Crippen molar-refractivity contribution in [1.82, 2.24) is 10.6 Å². The first-order chi connectivity index (χ1) is 11.2. The van der Waals surface area contributed by atoms with Gasteiger partial charge in [0.25, 0.3) is 0 Å². The lowest BCUT2D eigenvalue weighted by atomic mass is 9.78. The van der Waals surface area contributed by atoms with Gasteiger partial charge < -0.3 is 10.6 Å². The summed E-state index contributed by atoms with van der Waals surface area (Å²) in [6.07, 6.45) is 7.77. The fourth-order valence-corrected chi connectivity index (χ4v) is 4.25. The molecule has 1 saturated heterocycles. The standard InChI is InChI=1S/C19H27ClN2O/c20-17-7-5-16(6-8-17)19(10-1-2-11-19)18(23)22-13-9-15-4-3-12-21-14-15/h5-8,15,21H,1-4,9-14H2,(H,22,23). The third kappa shape index (κ3) is 3.89. The van der Waals surface area contributed by atoms with Gasteiger partial charge in [-0.3, -0.25) is 4.79 Å². The van der Waals surface area contributed by atoms with Gasteiger partial charge in [-0.15, -0.1) is 0 Å². The molecule has 1 heterocycles. The Morgan fingerprint density at radius 1 is 1.22 bits per heavy atom. The van der Waals surface area contributed by atoms with Crippen molar-refractivity contribution in [1.29, 1.82) is 0 Å². The molecule has 1 aliphatic heterocycles. The molecule has 1 atom stereocenters. The molecule has 23 heavy (non-hydrogen) atoms. The number of halogens is 1. The van der Waals surface area contributed by atoms with E-state index in [0.29, 0.717) is 5.92 Å². The smallest absolute Gasteiger partial charge is 0.230 e. The van der Waals surface area contributed by atoms with Gasteiger partial charge in [0.1, 0.15) is 0 Å². The Morgan fingerprint density at radius 3 is 2.61 bits per heavy atom. The number of benzene rings is 1. The lowest BCUT2D eigenvalue weighted by Gasteiger charge is -2.29. The number of piperidine rings is 1.